The molecule has 0 bridgehead atoms. The second kappa shape index (κ2) is 13.3. The lowest BCUT2D eigenvalue weighted by Gasteiger charge is -2.13. The lowest BCUT2D eigenvalue weighted by molar-refractivity contribution is -0.121. The van der Waals surface area contributed by atoms with Crippen molar-refractivity contribution in [2.45, 2.75) is 45.7 Å². The summed E-state index contributed by atoms with van der Waals surface area (Å²) in [4.78, 5) is 17.3. The van der Waals surface area contributed by atoms with Gasteiger partial charge in [0.25, 0.3) is 0 Å². The Labute approximate surface area is 218 Å². The molecule has 1 amide bonds. The first kappa shape index (κ1) is 26.0. The average Bonchev–Trinajstić information content (AvgIpc) is 3.29. The van der Waals surface area contributed by atoms with Crippen molar-refractivity contribution in [2.24, 2.45) is 0 Å². The number of unbranched alkanes of at least 4 members (excludes halogenated alkanes) is 1. The van der Waals surface area contributed by atoms with E-state index in [4.69, 9.17) is 14.5 Å². The van der Waals surface area contributed by atoms with Crippen molar-refractivity contribution in [1.29, 1.82) is 0 Å². The molecule has 0 aliphatic carbocycles. The summed E-state index contributed by atoms with van der Waals surface area (Å²) in [5, 5.41) is 3.05. The lowest BCUT2D eigenvalue weighted by Crippen LogP contribution is -2.25. The Balaban J connectivity index is 1.31. The van der Waals surface area contributed by atoms with Crippen LogP contribution in [0.2, 0.25) is 0 Å². The van der Waals surface area contributed by atoms with Crippen molar-refractivity contribution < 1.29 is 14.3 Å². The first-order chi connectivity index (χ1) is 18.2. The Morgan fingerprint density at radius 1 is 1.00 bits per heavy atom. The molecule has 192 valence electrons. The van der Waals surface area contributed by atoms with Crippen LogP contribution in [0.1, 0.15) is 43.1 Å². The third-order valence-corrected chi connectivity index (χ3v) is 6.24. The summed E-state index contributed by atoms with van der Waals surface area (Å²) in [6.45, 7) is 3.80. The molecular formula is C31H35N3O3. The second-order valence-electron chi connectivity index (χ2n) is 8.90. The Kier molecular flexibility index (Phi) is 9.35. The molecule has 0 aliphatic rings. The summed E-state index contributed by atoms with van der Waals surface area (Å²) in [5.41, 5.74) is 4.27. The highest BCUT2D eigenvalue weighted by Gasteiger charge is 2.12. The summed E-state index contributed by atoms with van der Waals surface area (Å²) < 4.78 is 13.7. The number of imidazole rings is 1. The largest absolute Gasteiger partial charge is 0.493 e. The van der Waals surface area contributed by atoms with Crippen molar-refractivity contribution >= 4 is 23.0 Å². The zero-order valence-corrected chi connectivity index (χ0v) is 21.7. The first-order valence-electron chi connectivity index (χ1n) is 12.9. The number of aromatic nitrogens is 2. The van der Waals surface area contributed by atoms with E-state index in [0.717, 1.165) is 59.7 Å². The van der Waals surface area contributed by atoms with E-state index in [1.165, 1.54) is 5.56 Å². The van der Waals surface area contributed by atoms with E-state index < -0.39 is 0 Å². The number of aryl methyl sites for hydroxylation is 2. The third kappa shape index (κ3) is 7.23. The summed E-state index contributed by atoms with van der Waals surface area (Å²) in [6.07, 6.45) is 7.03. The number of rotatable bonds is 13. The number of ether oxygens (including phenoxy) is 2. The number of nitrogens with zero attached hydrogens (tertiary/aromatic N) is 2. The van der Waals surface area contributed by atoms with Crippen molar-refractivity contribution in [2.75, 3.05) is 13.7 Å². The minimum atomic E-state index is 0.0326. The maximum atomic E-state index is 12.5. The fraction of sp³-hybridized carbons (Fsp3) is 0.290. The minimum absolute atomic E-state index is 0.0326. The molecule has 1 aromatic heterocycles. The van der Waals surface area contributed by atoms with Gasteiger partial charge in [-0.1, -0.05) is 60.7 Å². The van der Waals surface area contributed by atoms with Gasteiger partial charge in [0.05, 0.1) is 31.3 Å². The predicted molar refractivity (Wildman–Crippen MR) is 149 cm³/mol. The number of hydrogen-bond donors (Lipinski definition) is 1. The smallest absolute Gasteiger partial charge is 0.220 e. The van der Waals surface area contributed by atoms with Gasteiger partial charge in [0.1, 0.15) is 5.82 Å². The molecule has 4 rings (SSSR count). The van der Waals surface area contributed by atoms with Gasteiger partial charge >= 0.3 is 0 Å². The van der Waals surface area contributed by atoms with Crippen LogP contribution in [0, 0.1) is 0 Å². The van der Waals surface area contributed by atoms with Crippen LogP contribution in [0.15, 0.2) is 78.9 Å². The van der Waals surface area contributed by atoms with Gasteiger partial charge in [0.2, 0.25) is 5.91 Å². The van der Waals surface area contributed by atoms with E-state index in [2.05, 4.69) is 16.0 Å². The van der Waals surface area contributed by atoms with Crippen LogP contribution in [-0.2, 0) is 24.3 Å². The van der Waals surface area contributed by atoms with Gasteiger partial charge in [-0.15, -0.1) is 0 Å². The SMILES string of the molecule is C/C=C/c1ccc(OCCCCn2c(CNC(=O)CCc3ccccc3)nc3ccccc32)c(OC)c1. The number of methoxy groups -OCH3 is 1. The molecule has 1 N–H and O–H groups in total. The number of carbonyl (C=O) groups excluding carboxylic acids is 1. The first-order valence-corrected chi connectivity index (χ1v) is 12.9. The maximum Gasteiger partial charge on any atom is 0.220 e. The summed E-state index contributed by atoms with van der Waals surface area (Å²) in [5.74, 6) is 2.39. The van der Waals surface area contributed by atoms with E-state index >= 15 is 0 Å². The fourth-order valence-electron chi connectivity index (χ4n) is 4.33. The number of nitrogens with one attached hydrogen (secondary N) is 1. The van der Waals surface area contributed by atoms with E-state index in [0.29, 0.717) is 19.6 Å². The Morgan fingerprint density at radius 2 is 1.81 bits per heavy atom. The number of carbonyl (C=O) groups is 1. The van der Waals surface area contributed by atoms with Crippen LogP contribution in [0.3, 0.4) is 0 Å². The number of amides is 1. The lowest BCUT2D eigenvalue weighted by atomic mass is 10.1. The van der Waals surface area contributed by atoms with Crippen molar-refractivity contribution in [3.05, 3.63) is 95.8 Å². The molecule has 0 fully saturated rings. The second-order valence-corrected chi connectivity index (χ2v) is 8.90. The molecule has 0 saturated carbocycles. The van der Waals surface area contributed by atoms with Crippen LogP contribution in [0.5, 0.6) is 11.5 Å². The number of fused-ring (bicyclic) bond motifs is 1. The summed E-state index contributed by atoms with van der Waals surface area (Å²) >= 11 is 0. The molecule has 0 radical (unpaired) electrons. The highest BCUT2D eigenvalue weighted by Crippen LogP contribution is 2.29. The molecular weight excluding hydrogens is 462 g/mol. The average molecular weight is 498 g/mol. The van der Waals surface area contributed by atoms with Crippen molar-refractivity contribution in [3.63, 3.8) is 0 Å². The predicted octanol–water partition coefficient (Wildman–Crippen LogP) is 6.19. The number of para-hydroxylation sites is 2. The maximum absolute atomic E-state index is 12.5. The monoisotopic (exact) mass is 497 g/mol. The zero-order valence-electron chi connectivity index (χ0n) is 21.7. The molecule has 37 heavy (non-hydrogen) atoms. The van der Waals surface area contributed by atoms with Crippen LogP contribution < -0.4 is 14.8 Å². The number of allylic oxidation sites excluding steroid dienone is 1. The minimum Gasteiger partial charge on any atom is -0.493 e. The van der Waals surface area contributed by atoms with E-state index in [1.54, 1.807) is 7.11 Å². The van der Waals surface area contributed by atoms with E-state index in [-0.39, 0.29) is 5.91 Å². The zero-order chi connectivity index (χ0) is 25.9. The summed E-state index contributed by atoms with van der Waals surface area (Å²) in [6, 6.07) is 24.1. The Morgan fingerprint density at radius 3 is 2.62 bits per heavy atom. The van der Waals surface area contributed by atoms with Gasteiger partial charge in [-0.2, -0.15) is 0 Å². The molecule has 0 aliphatic heterocycles. The fourth-order valence-corrected chi connectivity index (χ4v) is 4.33. The van der Waals surface area contributed by atoms with Gasteiger partial charge in [-0.3, -0.25) is 4.79 Å². The summed E-state index contributed by atoms with van der Waals surface area (Å²) in [7, 11) is 1.66. The molecule has 0 unspecified atom stereocenters. The molecule has 3 aromatic carbocycles. The van der Waals surface area contributed by atoms with E-state index in [9.17, 15) is 4.79 Å². The molecule has 1 heterocycles. The molecule has 6 nitrogen and oxygen atoms in total. The van der Waals surface area contributed by atoms with Gasteiger partial charge in [0.15, 0.2) is 11.5 Å². The van der Waals surface area contributed by atoms with Crippen molar-refractivity contribution in [1.82, 2.24) is 14.9 Å². The van der Waals surface area contributed by atoms with Crippen molar-refractivity contribution in [3.8, 4) is 11.5 Å². The quantitative estimate of drug-likeness (QED) is 0.224. The molecule has 0 spiro atoms. The third-order valence-electron chi connectivity index (χ3n) is 6.24. The molecule has 4 aromatic rings. The van der Waals surface area contributed by atoms with Crippen LogP contribution >= 0.6 is 0 Å². The number of hydrogen-bond acceptors (Lipinski definition) is 4. The highest BCUT2D eigenvalue weighted by atomic mass is 16.5. The van der Waals surface area contributed by atoms with Gasteiger partial charge in [-0.25, -0.2) is 4.98 Å². The topological polar surface area (TPSA) is 65.4 Å². The van der Waals surface area contributed by atoms with Crippen LogP contribution in [0.25, 0.3) is 17.1 Å². The standard InChI is InChI=1S/C31H35N3O3/c1-3-11-25-16-18-28(29(22-25)36-2)37-21-10-9-20-34-27-15-8-7-14-26(27)33-30(34)23-32-31(35)19-17-24-12-5-4-6-13-24/h3-8,11-16,18,22H,9-10,17,19-21,23H2,1-2H3,(H,32,35)/b11-3+. The van der Waals surface area contributed by atoms with Crippen LogP contribution in [0.4, 0.5) is 0 Å². The van der Waals surface area contributed by atoms with Gasteiger partial charge < -0.3 is 19.4 Å². The van der Waals surface area contributed by atoms with Gasteiger partial charge in [-0.05, 0) is 61.6 Å². The van der Waals surface area contributed by atoms with E-state index in [1.807, 2.05) is 85.8 Å². The molecule has 0 atom stereocenters. The highest BCUT2D eigenvalue weighted by molar-refractivity contribution is 5.77. The normalized spacial score (nSPS) is 11.2. The molecule has 0 saturated heterocycles. The number of benzene rings is 3. The Bertz CT molecular complexity index is 1330. The molecule has 6 heteroatoms. The van der Waals surface area contributed by atoms with Gasteiger partial charge in [0, 0.05) is 13.0 Å². The Hall–Kier alpha value is -4.06. The van der Waals surface area contributed by atoms with Crippen LogP contribution in [-0.4, -0.2) is 29.2 Å².